The number of benzene rings is 1. The van der Waals surface area contributed by atoms with E-state index >= 15 is 0 Å². The molecule has 32 heavy (non-hydrogen) atoms. The molecule has 4 rings (SSSR count). The minimum atomic E-state index is -3.77. The van der Waals surface area contributed by atoms with E-state index in [1.807, 2.05) is 6.07 Å². The summed E-state index contributed by atoms with van der Waals surface area (Å²) >= 11 is 6.25. The molecule has 1 saturated carbocycles. The minimum Gasteiger partial charge on any atom is -0.355 e. The lowest BCUT2D eigenvalue weighted by atomic mass is 10.2. The summed E-state index contributed by atoms with van der Waals surface area (Å²) in [5.74, 6) is 1.58. The number of aromatic nitrogens is 4. The van der Waals surface area contributed by atoms with Gasteiger partial charge in [-0.05, 0) is 25.0 Å². The number of amides is 1. The topological polar surface area (TPSA) is 142 Å². The normalized spacial score (nSPS) is 13.7. The summed E-state index contributed by atoms with van der Waals surface area (Å²) < 4.78 is 27.6. The quantitative estimate of drug-likeness (QED) is 0.341. The lowest BCUT2D eigenvalue weighted by Gasteiger charge is -2.10. The van der Waals surface area contributed by atoms with Crippen LogP contribution in [0.3, 0.4) is 0 Å². The van der Waals surface area contributed by atoms with Crippen LogP contribution in [0.25, 0.3) is 11.4 Å². The van der Waals surface area contributed by atoms with Crippen molar-refractivity contribution in [2.75, 3.05) is 18.4 Å². The Morgan fingerprint density at radius 1 is 1.28 bits per heavy atom. The summed E-state index contributed by atoms with van der Waals surface area (Å²) in [6.07, 6.45) is 3.76. The van der Waals surface area contributed by atoms with Crippen LogP contribution in [0.1, 0.15) is 37.1 Å². The molecular weight excluding hydrogens is 454 g/mol. The van der Waals surface area contributed by atoms with E-state index in [0.717, 1.165) is 18.5 Å². The number of anilines is 2. The molecule has 3 aromatic rings. The second-order valence-corrected chi connectivity index (χ2v) is 9.58. The number of carbonyl (C=O) groups is 1. The Labute approximate surface area is 196 Å². The van der Waals surface area contributed by atoms with Crippen LogP contribution >= 0.6 is 11.6 Å². The van der Waals surface area contributed by atoms with Gasteiger partial charge >= 0.3 is 0 Å². The number of rotatable bonds is 9. The van der Waals surface area contributed by atoms with Gasteiger partial charge in [0, 0.05) is 49.0 Å². The van der Waals surface area contributed by atoms with Crippen molar-refractivity contribution < 1.29 is 18.9 Å². The first-order valence-electron chi connectivity index (χ1n) is 10.0. The number of carbonyl (C=O) groups excluding carboxylic acids is 1. The highest BCUT2D eigenvalue weighted by Gasteiger charge is 2.25. The van der Waals surface area contributed by atoms with Crippen molar-refractivity contribution in [1.82, 2.24) is 30.2 Å². The second-order valence-electron chi connectivity index (χ2n) is 7.41. The van der Waals surface area contributed by atoms with Crippen LogP contribution in [0.4, 0.5) is 11.6 Å². The van der Waals surface area contributed by atoms with Crippen LogP contribution in [0, 0.1) is 0 Å². The molecule has 0 spiro atoms. The fourth-order valence-electron chi connectivity index (χ4n) is 3.03. The molecule has 176 valence electrons. The highest BCUT2D eigenvalue weighted by atomic mass is 35.5. The Kier molecular flexibility index (Phi) is 6.40. The fourth-order valence-corrected chi connectivity index (χ4v) is 4.24. The Morgan fingerprint density at radius 2 is 2.09 bits per heavy atom. The van der Waals surface area contributed by atoms with Crippen LogP contribution in [-0.4, -0.2) is 47.6 Å². The summed E-state index contributed by atoms with van der Waals surface area (Å²) in [6, 6.07) is 8.20. The van der Waals surface area contributed by atoms with Crippen LogP contribution < -0.4 is 15.4 Å². The third-order valence-electron chi connectivity index (χ3n) is 4.80. The first kappa shape index (κ1) is 22.2. The number of nitrogens with zero attached hydrogens (tertiary/aromatic N) is 3. The molecule has 1 aliphatic rings. The second kappa shape index (κ2) is 9.23. The van der Waals surface area contributed by atoms with Gasteiger partial charge in [-0.15, -0.1) is 0 Å². The molecule has 10 nitrogen and oxygen atoms in total. The molecule has 0 atom stereocenters. The Morgan fingerprint density at radius 3 is 2.84 bits per heavy atom. The summed E-state index contributed by atoms with van der Waals surface area (Å²) in [7, 11) is -3.77. The van der Waals surface area contributed by atoms with Crippen LogP contribution in [0.15, 0.2) is 41.4 Å². The van der Waals surface area contributed by atoms with Crippen LogP contribution in [0.5, 0.6) is 0 Å². The highest BCUT2D eigenvalue weighted by molar-refractivity contribution is 7.89. The van der Waals surface area contributed by atoms with Gasteiger partial charge < -0.3 is 10.6 Å². The van der Waals surface area contributed by atoms with Crippen molar-refractivity contribution in [3.8, 4) is 11.4 Å². The van der Waals surface area contributed by atoms with Crippen molar-refractivity contribution in [2.45, 2.75) is 30.6 Å². The Bertz CT molecular complexity index is 1260. The van der Waals surface area contributed by atoms with E-state index in [-0.39, 0.29) is 29.6 Å². The first-order valence-corrected chi connectivity index (χ1v) is 11.9. The SMILES string of the molecule is CC(=O)NCCNS(=O)(=O)c1cccc(-c2ncc(Cl)c(Nc3cc(C4CC4)[nH]n3)n2)c1.[HH].[HH].[HH].[HH]. The van der Waals surface area contributed by atoms with Gasteiger partial charge in [0.05, 0.1) is 11.1 Å². The van der Waals surface area contributed by atoms with Crippen molar-refractivity contribution >= 4 is 39.2 Å². The van der Waals surface area contributed by atoms with Gasteiger partial charge in [0.15, 0.2) is 17.5 Å². The van der Waals surface area contributed by atoms with Gasteiger partial charge in [0.1, 0.15) is 5.02 Å². The van der Waals surface area contributed by atoms with Crippen LogP contribution in [0.2, 0.25) is 5.02 Å². The number of sulfonamides is 1. The Hall–Kier alpha value is -3.02. The van der Waals surface area contributed by atoms with Gasteiger partial charge in [-0.2, -0.15) is 5.10 Å². The summed E-state index contributed by atoms with van der Waals surface area (Å²) in [6.45, 7) is 1.63. The molecule has 2 aromatic heterocycles. The van der Waals surface area contributed by atoms with Crippen molar-refractivity contribution in [3.05, 3.63) is 47.2 Å². The van der Waals surface area contributed by atoms with Crippen molar-refractivity contribution in [1.29, 1.82) is 0 Å². The molecule has 12 heteroatoms. The van der Waals surface area contributed by atoms with E-state index < -0.39 is 10.0 Å². The van der Waals surface area contributed by atoms with Crippen molar-refractivity contribution in [3.63, 3.8) is 0 Å². The van der Waals surface area contributed by atoms with E-state index in [2.05, 4.69) is 35.5 Å². The van der Waals surface area contributed by atoms with E-state index in [9.17, 15) is 13.2 Å². The number of nitrogens with one attached hydrogen (secondary N) is 4. The van der Waals surface area contributed by atoms with E-state index in [0.29, 0.717) is 34.0 Å². The third kappa shape index (κ3) is 5.42. The predicted octanol–water partition coefficient (Wildman–Crippen LogP) is 3.54. The average Bonchev–Trinajstić information content (AvgIpc) is 3.52. The van der Waals surface area contributed by atoms with Crippen molar-refractivity contribution in [2.24, 2.45) is 0 Å². The zero-order chi connectivity index (χ0) is 22.7. The molecule has 4 N–H and O–H groups in total. The standard InChI is InChI=1S/C20H22ClN7O3S.4H2/c1-12(29)22-7-8-24-32(30,31)15-4-2-3-14(9-15)19-23-11-16(21)20(26-19)25-18-10-17(27-28-18)13-5-6-13;;;;/h2-4,9-11,13,24H,5-8H2,1H3,(H,22,29)(H2,23,25,26,27,28);4*1H. The largest absolute Gasteiger partial charge is 0.355 e. The van der Waals surface area contributed by atoms with Gasteiger partial charge in [-0.3, -0.25) is 9.89 Å². The molecule has 0 saturated heterocycles. The maximum atomic E-state index is 12.6. The molecule has 1 aliphatic carbocycles. The van der Waals surface area contributed by atoms with Gasteiger partial charge in [-0.25, -0.2) is 23.1 Å². The van der Waals surface area contributed by atoms with Gasteiger partial charge in [0.25, 0.3) is 0 Å². The predicted molar refractivity (Wildman–Crippen MR) is 129 cm³/mol. The molecular formula is C20H30ClN7O3S. The smallest absolute Gasteiger partial charge is 0.240 e. The third-order valence-corrected chi connectivity index (χ3v) is 6.53. The molecule has 1 amide bonds. The zero-order valence-corrected chi connectivity index (χ0v) is 18.8. The number of aromatic amines is 1. The lowest BCUT2D eigenvalue weighted by Crippen LogP contribution is -2.33. The molecule has 0 unspecified atom stereocenters. The minimum absolute atomic E-state index is 0. The number of H-pyrrole nitrogens is 1. The average molecular weight is 484 g/mol. The molecule has 0 radical (unpaired) electrons. The van der Waals surface area contributed by atoms with Crippen LogP contribution in [-0.2, 0) is 14.8 Å². The summed E-state index contributed by atoms with van der Waals surface area (Å²) in [5, 5.41) is 13.2. The fraction of sp³-hybridized carbons (Fsp3) is 0.300. The number of halogens is 1. The lowest BCUT2D eigenvalue weighted by molar-refractivity contribution is -0.118. The maximum absolute atomic E-state index is 12.6. The summed E-state index contributed by atoms with van der Waals surface area (Å²) in [5.41, 5.74) is 1.58. The van der Waals surface area contributed by atoms with E-state index in [1.54, 1.807) is 12.1 Å². The number of hydrogen-bond donors (Lipinski definition) is 4. The van der Waals surface area contributed by atoms with E-state index in [1.165, 1.54) is 25.3 Å². The zero-order valence-electron chi connectivity index (χ0n) is 17.2. The molecule has 1 fully saturated rings. The Balaban J connectivity index is 0.00000306. The molecule has 1 aromatic carbocycles. The first-order chi connectivity index (χ1) is 15.3. The molecule has 0 aliphatic heterocycles. The maximum Gasteiger partial charge on any atom is 0.240 e. The van der Waals surface area contributed by atoms with Gasteiger partial charge in [-0.1, -0.05) is 23.7 Å². The monoisotopic (exact) mass is 483 g/mol. The summed E-state index contributed by atoms with van der Waals surface area (Å²) in [4.78, 5) is 19.7. The molecule has 0 bridgehead atoms. The van der Waals surface area contributed by atoms with E-state index in [4.69, 9.17) is 11.6 Å². The van der Waals surface area contributed by atoms with Gasteiger partial charge in [0.2, 0.25) is 15.9 Å². The highest BCUT2D eigenvalue weighted by Crippen LogP contribution is 2.39. The molecule has 2 heterocycles. The number of hydrogen-bond acceptors (Lipinski definition) is 7.